The summed E-state index contributed by atoms with van der Waals surface area (Å²) in [5, 5.41) is 0.918. The van der Waals surface area contributed by atoms with Crippen molar-refractivity contribution < 1.29 is 14.3 Å². The highest BCUT2D eigenvalue weighted by atomic mass is 16.5. The lowest BCUT2D eigenvalue weighted by molar-refractivity contribution is 0.0821. The molecule has 4 rings (SSSR count). The molecule has 7 heteroatoms. The van der Waals surface area contributed by atoms with Crippen LogP contribution in [0.1, 0.15) is 20.7 Å². The van der Waals surface area contributed by atoms with Crippen LogP contribution in [0.25, 0.3) is 33.3 Å². The van der Waals surface area contributed by atoms with Crippen molar-refractivity contribution in [2.75, 3.05) is 21.2 Å². The van der Waals surface area contributed by atoms with Crippen LogP contribution in [0, 0.1) is 0 Å². The van der Waals surface area contributed by atoms with E-state index in [0.29, 0.717) is 0 Å². The number of fused-ring (bicyclic) bond motifs is 1. The first-order valence-electron chi connectivity index (χ1n) is 9.67. The van der Waals surface area contributed by atoms with Crippen molar-refractivity contribution in [3.8, 4) is 28.0 Å². The number of ether oxygens (including phenoxy) is 1. The summed E-state index contributed by atoms with van der Waals surface area (Å²) in [4.78, 5) is 33.6. The molecule has 0 atom stereocenters. The van der Waals surface area contributed by atoms with E-state index in [1.807, 2.05) is 36.5 Å². The van der Waals surface area contributed by atoms with E-state index in [4.69, 9.17) is 10.5 Å². The lowest BCUT2D eigenvalue weighted by Crippen LogP contribution is -2.25. The summed E-state index contributed by atoms with van der Waals surface area (Å²) < 4.78 is 5.51. The second kappa shape index (κ2) is 7.95. The summed E-state index contributed by atoms with van der Waals surface area (Å²) in [5.74, 6) is -0.172. The number of nitrogens with zero attached hydrogens (tertiary/aromatic N) is 2. The monoisotopic (exact) mass is 414 g/mol. The number of amides is 2. The summed E-state index contributed by atoms with van der Waals surface area (Å²) in [6.45, 7) is 0. The number of carbonyl (C=O) groups excluding carboxylic acids is 2. The number of pyridine rings is 1. The molecule has 0 saturated carbocycles. The molecule has 2 aromatic carbocycles. The Labute approximate surface area is 179 Å². The van der Waals surface area contributed by atoms with Crippen LogP contribution >= 0.6 is 0 Å². The van der Waals surface area contributed by atoms with Crippen LogP contribution in [0.2, 0.25) is 0 Å². The molecule has 156 valence electrons. The predicted octanol–water partition coefficient (Wildman–Crippen LogP) is 3.71. The smallest absolute Gasteiger partial charge is 0.254 e. The van der Waals surface area contributed by atoms with Gasteiger partial charge in [-0.15, -0.1) is 0 Å². The Kier molecular flexibility index (Phi) is 5.17. The second-order valence-electron chi connectivity index (χ2n) is 7.35. The van der Waals surface area contributed by atoms with Crippen LogP contribution < -0.4 is 10.5 Å². The van der Waals surface area contributed by atoms with Crippen molar-refractivity contribution in [2.45, 2.75) is 0 Å². The van der Waals surface area contributed by atoms with Crippen molar-refractivity contribution >= 4 is 22.8 Å². The van der Waals surface area contributed by atoms with E-state index in [2.05, 4.69) is 9.97 Å². The average Bonchev–Trinajstić information content (AvgIpc) is 3.21. The fourth-order valence-electron chi connectivity index (χ4n) is 3.61. The first-order chi connectivity index (χ1) is 14.9. The summed E-state index contributed by atoms with van der Waals surface area (Å²) in [6, 6.07) is 14.8. The van der Waals surface area contributed by atoms with Crippen LogP contribution in [0.3, 0.4) is 0 Å². The van der Waals surface area contributed by atoms with Gasteiger partial charge < -0.3 is 20.4 Å². The van der Waals surface area contributed by atoms with E-state index in [9.17, 15) is 9.59 Å². The van der Waals surface area contributed by atoms with E-state index in [1.54, 1.807) is 45.6 Å². The third kappa shape index (κ3) is 3.61. The molecule has 2 heterocycles. The number of aromatic nitrogens is 2. The second-order valence-corrected chi connectivity index (χ2v) is 7.35. The first-order valence-corrected chi connectivity index (χ1v) is 9.67. The predicted molar refractivity (Wildman–Crippen MR) is 120 cm³/mol. The van der Waals surface area contributed by atoms with Crippen molar-refractivity contribution in [1.82, 2.24) is 14.9 Å². The van der Waals surface area contributed by atoms with Gasteiger partial charge in [0.15, 0.2) is 0 Å². The zero-order chi connectivity index (χ0) is 22.1. The number of hydrogen-bond donors (Lipinski definition) is 2. The lowest BCUT2D eigenvalue weighted by Gasteiger charge is -2.14. The highest BCUT2D eigenvalue weighted by molar-refractivity contribution is 6.07. The van der Waals surface area contributed by atoms with E-state index in [-0.39, 0.29) is 17.0 Å². The molecule has 0 fully saturated rings. The molecule has 3 N–H and O–H groups in total. The van der Waals surface area contributed by atoms with Gasteiger partial charge in [0.25, 0.3) is 5.91 Å². The molecule has 31 heavy (non-hydrogen) atoms. The Hall–Kier alpha value is -4.13. The number of nitrogens with two attached hydrogens (primary N) is 1. The highest BCUT2D eigenvalue weighted by Crippen LogP contribution is 2.36. The van der Waals surface area contributed by atoms with Gasteiger partial charge in [0, 0.05) is 48.6 Å². The number of aromatic amines is 1. The highest BCUT2D eigenvalue weighted by Gasteiger charge is 2.19. The molecule has 0 aliphatic heterocycles. The molecular formula is C24H22N4O3. The fourth-order valence-corrected chi connectivity index (χ4v) is 3.61. The molecule has 2 amide bonds. The minimum atomic E-state index is -0.644. The van der Waals surface area contributed by atoms with Gasteiger partial charge >= 0.3 is 0 Å². The van der Waals surface area contributed by atoms with Gasteiger partial charge in [-0.05, 0) is 29.8 Å². The van der Waals surface area contributed by atoms with Crippen LogP contribution in [0.15, 0.2) is 60.9 Å². The van der Waals surface area contributed by atoms with Crippen molar-refractivity contribution in [3.05, 3.63) is 72.1 Å². The van der Waals surface area contributed by atoms with Crippen molar-refractivity contribution in [2.24, 2.45) is 5.73 Å². The van der Waals surface area contributed by atoms with E-state index in [1.165, 1.54) is 4.90 Å². The zero-order valence-electron chi connectivity index (χ0n) is 17.5. The maximum absolute atomic E-state index is 12.6. The van der Waals surface area contributed by atoms with Crippen LogP contribution in [-0.2, 0) is 0 Å². The normalized spacial score (nSPS) is 10.8. The van der Waals surface area contributed by atoms with Gasteiger partial charge in [-0.25, -0.2) is 4.98 Å². The number of carbonyl (C=O) groups is 2. The van der Waals surface area contributed by atoms with E-state index < -0.39 is 5.91 Å². The van der Waals surface area contributed by atoms with Gasteiger partial charge in [0.1, 0.15) is 11.4 Å². The summed E-state index contributed by atoms with van der Waals surface area (Å²) >= 11 is 0. The number of benzene rings is 2. The SMILES string of the molecule is COc1ccccc1-c1c[nH]c2ncc(-c3ccc(C(N)=O)c(C(=O)N(C)C)c3)cc12. The van der Waals surface area contributed by atoms with E-state index in [0.717, 1.165) is 39.0 Å². The number of primary amides is 1. The van der Waals surface area contributed by atoms with Gasteiger partial charge in [-0.2, -0.15) is 0 Å². The molecule has 7 nitrogen and oxygen atoms in total. The molecule has 0 spiro atoms. The van der Waals surface area contributed by atoms with Crippen LogP contribution in [0.5, 0.6) is 5.75 Å². The Morgan fingerprint density at radius 1 is 1.00 bits per heavy atom. The quantitative estimate of drug-likeness (QED) is 0.520. The molecule has 0 bridgehead atoms. The Morgan fingerprint density at radius 3 is 2.48 bits per heavy atom. The van der Waals surface area contributed by atoms with Gasteiger partial charge in [-0.1, -0.05) is 24.3 Å². The molecule has 0 unspecified atom stereocenters. The van der Waals surface area contributed by atoms with Crippen molar-refractivity contribution in [3.63, 3.8) is 0 Å². The standard InChI is InChI=1S/C24H22N4O3/c1-28(2)24(30)19-10-14(8-9-17(19)22(25)29)15-11-18-20(13-27-23(18)26-12-15)16-6-4-5-7-21(16)31-3/h4-13H,1-3H3,(H2,25,29)(H,26,27). The molecule has 4 aromatic rings. The van der Waals surface area contributed by atoms with E-state index >= 15 is 0 Å². The summed E-state index contributed by atoms with van der Waals surface area (Å²) in [5.41, 5.74) is 10.1. The number of para-hydroxylation sites is 1. The third-order valence-electron chi connectivity index (χ3n) is 5.18. The maximum Gasteiger partial charge on any atom is 0.254 e. The average molecular weight is 414 g/mol. The number of rotatable bonds is 5. The number of methoxy groups -OCH3 is 1. The maximum atomic E-state index is 12.6. The molecule has 0 aliphatic rings. The van der Waals surface area contributed by atoms with Crippen molar-refractivity contribution in [1.29, 1.82) is 0 Å². The Balaban J connectivity index is 1.87. The molecule has 0 radical (unpaired) electrons. The number of hydrogen-bond acceptors (Lipinski definition) is 4. The van der Waals surface area contributed by atoms with Gasteiger partial charge in [0.2, 0.25) is 5.91 Å². The zero-order valence-corrected chi connectivity index (χ0v) is 17.5. The first kappa shape index (κ1) is 20.2. The third-order valence-corrected chi connectivity index (χ3v) is 5.18. The molecular weight excluding hydrogens is 392 g/mol. The fraction of sp³-hybridized carbons (Fsp3) is 0.125. The Bertz CT molecular complexity index is 1310. The number of H-pyrrole nitrogens is 1. The summed E-state index contributed by atoms with van der Waals surface area (Å²) in [7, 11) is 4.90. The minimum Gasteiger partial charge on any atom is -0.496 e. The molecule has 0 aliphatic carbocycles. The molecule has 2 aromatic heterocycles. The number of nitrogens with one attached hydrogen (secondary N) is 1. The lowest BCUT2D eigenvalue weighted by atomic mass is 9.97. The van der Waals surface area contributed by atoms with Gasteiger partial charge in [-0.3, -0.25) is 9.59 Å². The topological polar surface area (TPSA) is 101 Å². The Morgan fingerprint density at radius 2 is 1.77 bits per heavy atom. The van der Waals surface area contributed by atoms with Crippen LogP contribution in [0.4, 0.5) is 0 Å². The summed E-state index contributed by atoms with van der Waals surface area (Å²) in [6.07, 6.45) is 3.63. The van der Waals surface area contributed by atoms with Crippen LogP contribution in [-0.4, -0.2) is 47.9 Å². The molecule has 0 saturated heterocycles. The largest absolute Gasteiger partial charge is 0.496 e. The minimum absolute atomic E-state index is 0.188. The van der Waals surface area contributed by atoms with Gasteiger partial charge in [0.05, 0.1) is 18.2 Å².